The molecular formula is C23H21ClN2O4S. The van der Waals surface area contributed by atoms with Gasteiger partial charge in [-0.25, -0.2) is 5.01 Å². The number of thiophene rings is 1. The molecule has 2 aliphatic heterocycles. The van der Waals surface area contributed by atoms with E-state index in [2.05, 4.69) is 11.4 Å². The zero-order chi connectivity index (χ0) is 21.5. The predicted molar refractivity (Wildman–Crippen MR) is 121 cm³/mol. The maximum atomic E-state index is 6.44. The molecule has 0 saturated carbocycles. The molecule has 0 bridgehead atoms. The van der Waals surface area contributed by atoms with Crippen LogP contribution in [-0.2, 0) is 0 Å². The van der Waals surface area contributed by atoms with Crippen LogP contribution in [0.4, 0.5) is 0 Å². The van der Waals surface area contributed by atoms with Gasteiger partial charge in [-0.3, -0.25) is 0 Å². The summed E-state index contributed by atoms with van der Waals surface area (Å²) >= 11 is 8.00. The van der Waals surface area contributed by atoms with Gasteiger partial charge in [0.2, 0.25) is 12.0 Å². The monoisotopic (exact) mass is 456 g/mol. The van der Waals surface area contributed by atoms with Gasteiger partial charge in [-0.05, 0) is 41.8 Å². The summed E-state index contributed by atoms with van der Waals surface area (Å²) in [7, 11) is 4.79. The number of fused-ring (bicyclic) bond motifs is 3. The molecule has 0 amide bonds. The molecule has 3 heterocycles. The van der Waals surface area contributed by atoms with Crippen molar-refractivity contribution in [1.82, 2.24) is 5.01 Å². The van der Waals surface area contributed by atoms with Crippen molar-refractivity contribution >= 4 is 28.6 Å². The number of hydrazone groups is 1. The smallest absolute Gasteiger partial charge is 0.214 e. The Morgan fingerprint density at radius 3 is 2.48 bits per heavy atom. The van der Waals surface area contributed by atoms with Gasteiger partial charge in [-0.1, -0.05) is 17.7 Å². The number of ether oxygens (including phenoxy) is 4. The Hall–Kier alpha value is -2.90. The number of hydrogen-bond acceptors (Lipinski definition) is 7. The highest BCUT2D eigenvalue weighted by Gasteiger charge is 2.41. The van der Waals surface area contributed by atoms with Gasteiger partial charge in [0.15, 0.2) is 11.5 Å². The normalized spacial score (nSPS) is 19.2. The van der Waals surface area contributed by atoms with Crippen LogP contribution in [0.1, 0.15) is 34.7 Å². The van der Waals surface area contributed by atoms with Crippen molar-refractivity contribution in [2.45, 2.75) is 18.7 Å². The van der Waals surface area contributed by atoms with Crippen LogP contribution in [0.2, 0.25) is 5.02 Å². The molecule has 160 valence electrons. The van der Waals surface area contributed by atoms with Gasteiger partial charge in [0.25, 0.3) is 0 Å². The van der Waals surface area contributed by atoms with E-state index in [4.69, 9.17) is 35.6 Å². The fraction of sp³-hybridized carbons (Fsp3) is 0.261. The van der Waals surface area contributed by atoms with Crippen molar-refractivity contribution in [3.8, 4) is 23.0 Å². The first kappa shape index (κ1) is 20.0. The Morgan fingerprint density at radius 1 is 1.06 bits per heavy atom. The maximum Gasteiger partial charge on any atom is 0.214 e. The molecule has 2 atom stereocenters. The summed E-state index contributed by atoms with van der Waals surface area (Å²) in [6.45, 7) is 0. The second-order valence-electron chi connectivity index (χ2n) is 7.23. The molecule has 3 aromatic rings. The lowest BCUT2D eigenvalue weighted by atomic mass is 9.97. The van der Waals surface area contributed by atoms with E-state index in [1.54, 1.807) is 32.7 Å². The predicted octanol–water partition coefficient (Wildman–Crippen LogP) is 5.67. The highest BCUT2D eigenvalue weighted by Crippen LogP contribution is 2.50. The summed E-state index contributed by atoms with van der Waals surface area (Å²) in [5.74, 6) is 2.48. The van der Waals surface area contributed by atoms with E-state index in [0.29, 0.717) is 22.3 Å². The number of methoxy groups -OCH3 is 3. The summed E-state index contributed by atoms with van der Waals surface area (Å²) in [6, 6.07) is 13.7. The number of nitrogens with zero attached hydrogens (tertiary/aromatic N) is 2. The van der Waals surface area contributed by atoms with Crippen molar-refractivity contribution in [2.24, 2.45) is 5.10 Å². The summed E-state index contributed by atoms with van der Waals surface area (Å²) in [4.78, 5) is 1.15. The summed E-state index contributed by atoms with van der Waals surface area (Å²) < 4.78 is 23.0. The molecule has 2 unspecified atom stereocenters. The fourth-order valence-electron chi connectivity index (χ4n) is 4.11. The van der Waals surface area contributed by atoms with E-state index in [0.717, 1.165) is 33.9 Å². The van der Waals surface area contributed by atoms with E-state index < -0.39 is 6.23 Å². The maximum absolute atomic E-state index is 6.44. The van der Waals surface area contributed by atoms with Gasteiger partial charge in [0.1, 0.15) is 5.75 Å². The molecule has 1 aromatic heterocycles. The highest BCUT2D eigenvalue weighted by atomic mass is 35.5. The lowest BCUT2D eigenvalue weighted by Gasteiger charge is -2.38. The summed E-state index contributed by atoms with van der Waals surface area (Å²) in [5, 5.41) is 9.72. The fourth-order valence-corrected chi connectivity index (χ4v) is 5.02. The minimum Gasteiger partial charge on any atom is -0.493 e. The van der Waals surface area contributed by atoms with Crippen LogP contribution in [0, 0.1) is 0 Å². The molecule has 0 fully saturated rings. The Bertz CT molecular complexity index is 1120. The topological polar surface area (TPSA) is 52.5 Å². The lowest BCUT2D eigenvalue weighted by Crippen LogP contribution is -2.33. The zero-order valence-corrected chi connectivity index (χ0v) is 18.9. The average Bonchev–Trinajstić information content (AvgIpc) is 3.47. The first-order valence-electron chi connectivity index (χ1n) is 9.78. The Kier molecular flexibility index (Phi) is 5.16. The average molecular weight is 457 g/mol. The molecule has 0 N–H and O–H groups in total. The van der Waals surface area contributed by atoms with Crippen LogP contribution in [0.25, 0.3) is 0 Å². The summed E-state index contributed by atoms with van der Waals surface area (Å²) in [6.07, 6.45) is 0.322. The first-order chi connectivity index (χ1) is 15.1. The van der Waals surface area contributed by atoms with E-state index in [1.165, 1.54) is 0 Å². The minimum absolute atomic E-state index is 0.0173. The molecule has 8 heteroatoms. The second kappa shape index (κ2) is 7.98. The molecule has 0 saturated heterocycles. The van der Waals surface area contributed by atoms with Crippen LogP contribution >= 0.6 is 22.9 Å². The summed E-state index contributed by atoms with van der Waals surface area (Å²) in [5.41, 5.74) is 2.93. The molecule has 0 radical (unpaired) electrons. The quantitative estimate of drug-likeness (QED) is 0.495. The van der Waals surface area contributed by atoms with Crippen molar-refractivity contribution in [1.29, 1.82) is 0 Å². The Morgan fingerprint density at radius 2 is 1.84 bits per heavy atom. The van der Waals surface area contributed by atoms with Gasteiger partial charge < -0.3 is 18.9 Å². The van der Waals surface area contributed by atoms with Gasteiger partial charge >= 0.3 is 0 Å². The Labute approximate surface area is 189 Å². The molecule has 6 nitrogen and oxygen atoms in total. The van der Waals surface area contributed by atoms with Crippen LogP contribution in [0.3, 0.4) is 0 Å². The second-order valence-corrected chi connectivity index (χ2v) is 8.62. The molecule has 2 aliphatic rings. The van der Waals surface area contributed by atoms with Crippen molar-refractivity contribution in [3.63, 3.8) is 0 Å². The largest absolute Gasteiger partial charge is 0.493 e. The van der Waals surface area contributed by atoms with Crippen LogP contribution in [0.5, 0.6) is 23.0 Å². The van der Waals surface area contributed by atoms with E-state index in [1.807, 2.05) is 41.4 Å². The first-order valence-corrected chi connectivity index (χ1v) is 11.0. The number of rotatable bonds is 5. The van der Waals surface area contributed by atoms with E-state index in [9.17, 15) is 0 Å². The van der Waals surface area contributed by atoms with Gasteiger partial charge in [-0.15, -0.1) is 11.3 Å². The van der Waals surface area contributed by atoms with Crippen molar-refractivity contribution in [3.05, 3.63) is 68.9 Å². The number of benzene rings is 2. The van der Waals surface area contributed by atoms with Crippen LogP contribution < -0.4 is 18.9 Å². The van der Waals surface area contributed by atoms with Crippen LogP contribution in [-0.4, -0.2) is 32.0 Å². The molecular weight excluding hydrogens is 436 g/mol. The molecule has 5 rings (SSSR count). The third-order valence-corrected chi connectivity index (χ3v) is 6.68. The number of hydrogen-bond donors (Lipinski definition) is 0. The van der Waals surface area contributed by atoms with Gasteiger partial charge in [0.05, 0.1) is 38.0 Å². The Balaban J connectivity index is 1.64. The molecule has 0 spiro atoms. The third-order valence-electron chi connectivity index (χ3n) is 5.53. The number of halogens is 1. The van der Waals surface area contributed by atoms with E-state index >= 15 is 0 Å². The van der Waals surface area contributed by atoms with Gasteiger partial charge in [0, 0.05) is 22.6 Å². The minimum atomic E-state index is -0.454. The third kappa shape index (κ3) is 3.38. The van der Waals surface area contributed by atoms with Crippen molar-refractivity contribution in [2.75, 3.05) is 21.3 Å². The highest BCUT2D eigenvalue weighted by molar-refractivity contribution is 7.12. The molecule has 2 aromatic carbocycles. The van der Waals surface area contributed by atoms with E-state index in [-0.39, 0.29) is 6.04 Å². The molecule has 0 aliphatic carbocycles. The van der Waals surface area contributed by atoms with Crippen LogP contribution in [0.15, 0.2) is 52.9 Å². The zero-order valence-electron chi connectivity index (χ0n) is 17.3. The lowest BCUT2D eigenvalue weighted by molar-refractivity contribution is -0.0192. The standard InChI is InChI=1S/C23H21ClN2O4S/c1-27-19-9-13(10-20(28-2)22(19)29-3)23-26-17(12-16(25-26)21-5-4-8-31-21)15-11-14(24)6-7-18(15)30-23/h4-11,17,23H,12H2,1-3H3. The molecule has 31 heavy (non-hydrogen) atoms. The van der Waals surface area contributed by atoms with Gasteiger partial charge in [-0.2, -0.15) is 5.10 Å². The SMILES string of the molecule is COc1cc(C2Oc3ccc(Cl)cc3C3CC(c4cccs4)=NN32)cc(OC)c1OC. The van der Waals surface area contributed by atoms with Crippen molar-refractivity contribution < 1.29 is 18.9 Å².